The number of carbonyl (C=O) groups excluding carboxylic acids is 4. The number of aliphatic hydroxyl groups is 1. The van der Waals surface area contributed by atoms with Crippen LogP contribution in [0.5, 0.6) is 0 Å². The van der Waals surface area contributed by atoms with Gasteiger partial charge in [0.15, 0.2) is 0 Å². The Balaban J connectivity index is 1.46. The average Bonchev–Trinajstić information content (AvgIpc) is 3.70. The zero-order valence-corrected chi connectivity index (χ0v) is 26.3. The maximum atomic E-state index is 14.8. The summed E-state index contributed by atoms with van der Waals surface area (Å²) in [6.07, 6.45) is 8.90. The summed E-state index contributed by atoms with van der Waals surface area (Å²) in [5.74, 6) is -3.17. The van der Waals surface area contributed by atoms with Gasteiger partial charge in [-0.25, -0.2) is 0 Å². The number of ether oxygens (including phenoxy) is 2. The van der Waals surface area contributed by atoms with E-state index in [4.69, 9.17) is 9.47 Å². The Morgan fingerprint density at radius 2 is 1.89 bits per heavy atom. The second kappa shape index (κ2) is 14.3. The topological polar surface area (TPSA) is 125 Å². The molecule has 5 rings (SSSR count). The number of benzene rings is 1. The summed E-state index contributed by atoms with van der Waals surface area (Å²) in [4.78, 5) is 58.6. The van der Waals surface area contributed by atoms with Crippen LogP contribution in [0.1, 0.15) is 76.3 Å². The van der Waals surface area contributed by atoms with Gasteiger partial charge in [-0.3, -0.25) is 19.2 Å². The molecule has 1 aromatic carbocycles. The van der Waals surface area contributed by atoms with E-state index in [9.17, 15) is 24.3 Å². The molecule has 1 aromatic rings. The first-order valence-electron chi connectivity index (χ1n) is 16.4. The normalized spacial score (nSPS) is 28.7. The number of rotatable bonds is 14. The van der Waals surface area contributed by atoms with E-state index in [1.165, 1.54) is 4.90 Å². The van der Waals surface area contributed by atoms with Crippen molar-refractivity contribution in [3.63, 3.8) is 0 Å². The maximum Gasteiger partial charge on any atom is 0.312 e. The molecule has 2 bridgehead atoms. The Morgan fingerprint density at radius 3 is 2.56 bits per heavy atom. The van der Waals surface area contributed by atoms with Crippen LogP contribution < -0.4 is 5.32 Å². The molecule has 3 amide bonds. The highest BCUT2D eigenvalue weighted by Crippen LogP contribution is 2.60. The molecule has 4 aliphatic rings. The van der Waals surface area contributed by atoms with Crippen LogP contribution >= 0.6 is 0 Å². The largest absolute Gasteiger partial charge is 0.460 e. The van der Waals surface area contributed by atoms with Crippen molar-refractivity contribution in [2.45, 2.75) is 101 Å². The average molecular weight is 622 g/mol. The quantitative estimate of drug-likeness (QED) is 0.241. The van der Waals surface area contributed by atoms with Gasteiger partial charge in [-0.05, 0) is 44.6 Å². The summed E-state index contributed by atoms with van der Waals surface area (Å²) in [6.45, 7) is 9.31. The van der Waals surface area contributed by atoms with E-state index in [1.54, 1.807) is 19.1 Å². The smallest absolute Gasteiger partial charge is 0.312 e. The Labute approximate surface area is 265 Å². The summed E-state index contributed by atoms with van der Waals surface area (Å²) in [7, 11) is 0. The van der Waals surface area contributed by atoms with Gasteiger partial charge in [-0.15, -0.1) is 13.2 Å². The molecule has 3 saturated heterocycles. The fraction of sp³-hybridized carbons (Fsp3) is 0.600. The van der Waals surface area contributed by atoms with Gasteiger partial charge >= 0.3 is 5.97 Å². The van der Waals surface area contributed by atoms with Crippen LogP contribution in [0.2, 0.25) is 0 Å². The standard InChI is InChI=1S/C35H47N3O7/c1-4-6-17-28(40)36-21-23(3)44-34(43)29-27-18-19-35(45-27)30(29)32(41)38(26(22-39)24-13-9-7-10-14-24)31(35)33(42)37(20-5-2)25-15-11-8-12-16-25/h4-5,7,9-10,13-14,23,25-27,29-31,39H,1-2,6,8,11-12,15-22H2,3H3,(H,36,40)/t23-,26-,27+,29-,30-,31+,35-/m1/s1. The highest BCUT2D eigenvalue weighted by atomic mass is 16.6. The van der Waals surface area contributed by atoms with Crippen LogP contribution in [0.25, 0.3) is 0 Å². The molecule has 2 N–H and O–H groups in total. The van der Waals surface area contributed by atoms with Crippen molar-refractivity contribution < 1.29 is 33.8 Å². The molecule has 1 spiro atoms. The molecule has 10 heteroatoms. The van der Waals surface area contributed by atoms with Crippen LogP contribution in [0.15, 0.2) is 55.6 Å². The minimum atomic E-state index is -1.22. The predicted octanol–water partition coefficient (Wildman–Crippen LogP) is 3.46. The van der Waals surface area contributed by atoms with E-state index >= 15 is 0 Å². The van der Waals surface area contributed by atoms with Gasteiger partial charge < -0.3 is 29.7 Å². The second-order valence-electron chi connectivity index (χ2n) is 12.9. The zero-order valence-electron chi connectivity index (χ0n) is 26.3. The SMILES string of the molecule is C=CCCC(=O)NC[C@@H](C)OC(=O)[C@@H]1[C@@H]2CC[C@]3(O2)[C@H](C(=O)N(CC=C)C2CCCCC2)N([C@H](CO)c2ccccc2)C(=O)[C@@H]13. The lowest BCUT2D eigenvalue weighted by atomic mass is 9.70. The van der Waals surface area contributed by atoms with E-state index in [-0.39, 0.29) is 30.3 Å². The number of hydrogen-bond donors (Lipinski definition) is 2. The van der Waals surface area contributed by atoms with Crippen molar-refractivity contribution >= 4 is 23.7 Å². The van der Waals surface area contributed by atoms with E-state index in [0.29, 0.717) is 37.8 Å². The highest BCUT2D eigenvalue weighted by Gasteiger charge is 2.76. The number of likely N-dealkylation sites (tertiary alicyclic amines) is 1. The van der Waals surface area contributed by atoms with E-state index in [2.05, 4.69) is 18.5 Å². The van der Waals surface area contributed by atoms with Gasteiger partial charge in [-0.2, -0.15) is 0 Å². The summed E-state index contributed by atoms with van der Waals surface area (Å²) in [5, 5.41) is 13.5. The van der Waals surface area contributed by atoms with Gasteiger partial charge in [-0.1, -0.05) is 61.7 Å². The molecule has 1 saturated carbocycles. The third kappa shape index (κ3) is 6.31. The Bertz CT molecular complexity index is 1260. The number of aliphatic hydroxyl groups excluding tert-OH is 1. The third-order valence-corrected chi connectivity index (χ3v) is 10.0. The number of amides is 3. The highest BCUT2D eigenvalue weighted by molar-refractivity contribution is 5.98. The molecule has 0 radical (unpaired) electrons. The predicted molar refractivity (Wildman–Crippen MR) is 167 cm³/mol. The lowest BCUT2D eigenvalue weighted by Crippen LogP contribution is -2.59. The van der Waals surface area contributed by atoms with Crippen LogP contribution in [-0.2, 0) is 28.7 Å². The molecular formula is C35H47N3O7. The van der Waals surface area contributed by atoms with Crippen molar-refractivity contribution in [1.82, 2.24) is 15.1 Å². The van der Waals surface area contributed by atoms with E-state index < -0.39 is 54.3 Å². The van der Waals surface area contributed by atoms with Gasteiger partial charge in [0.1, 0.15) is 17.7 Å². The molecule has 45 heavy (non-hydrogen) atoms. The number of nitrogens with zero attached hydrogens (tertiary/aromatic N) is 2. The summed E-state index contributed by atoms with van der Waals surface area (Å²) in [5.41, 5.74) is -0.522. The molecular weight excluding hydrogens is 574 g/mol. The Morgan fingerprint density at radius 1 is 1.16 bits per heavy atom. The zero-order chi connectivity index (χ0) is 32.1. The molecule has 4 fully saturated rings. The third-order valence-electron chi connectivity index (χ3n) is 10.0. The van der Waals surface area contributed by atoms with Crippen LogP contribution in [0.4, 0.5) is 0 Å². The molecule has 0 aromatic heterocycles. The monoisotopic (exact) mass is 621 g/mol. The van der Waals surface area contributed by atoms with Crippen molar-refractivity contribution in [2.75, 3.05) is 19.7 Å². The number of hydrogen-bond acceptors (Lipinski definition) is 7. The van der Waals surface area contributed by atoms with Crippen LogP contribution in [0.3, 0.4) is 0 Å². The fourth-order valence-electron chi connectivity index (χ4n) is 8.01. The molecule has 7 atom stereocenters. The lowest BCUT2D eigenvalue weighted by Gasteiger charge is -2.42. The number of nitrogens with one attached hydrogen (secondary N) is 1. The second-order valence-corrected chi connectivity index (χ2v) is 12.9. The first kappa shape index (κ1) is 32.9. The van der Waals surface area contributed by atoms with Crippen molar-refractivity contribution in [3.8, 4) is 0 Å². The number of fused-ring (bicyclic) bond motifs is 1. The molecule has 244 valence electrons. The maximum absolute atomic E-state index is 14.8. The molecule has 0 unspecified atom stereocenters. The first-order chi connectivity index (χ1) is 21.8. The van der Waals surface area contributed by atoms with Gasteiger partial charge in [0, 0.05) is 19.0 Å². The first-order valence-corrected chi connectivity index (χ1v) is 16.4. The van der Waals surface area contributed by atoms with Gasteiger partial charge in [0.05, 0.1) is 37.1 Å². The summed E-state index contributed by atoms with van der Waals surface area (Å²) < 4.78 is 12.4. The van der Waals surface area contributed by atoms with Crippen molar-refractivity contribution in [1.29, 1.82) is 0 Å². The fourth-order valence-corrected chi connectivity index (χ4v) is 8.01. The van der Waals surface area contributed by atoms with Crippen molar-refractivity contribution in [2.24, 2.45) is 11.8 Å². The number of allylic oxidation sites excluding steroid dienone is 1. The Kier molecular flexibility index (Phi) is 10.4. The molecule has 10 nitrogen and oxygen atoms in total. The summed E-state index contributed by atoms with van der Waals surface area (Å²) >= 11 is 0. The lowest BCUT2D eigenvalue weighted by molar-refractivity contribution is -0.160. The minimum absolute atomic E-state index is 0.0165. The van der Waals surface area contributed by atoms with Gasteiger partial charge in [0.25, 0.3) is 0 Å². The minimum Gasteiger partial charge on any atom is -0.460 e. The molecule has 3 heterocycles. The molecule has 3 aliphatic heterocycles. The van der Waals surface area contributed by atoms with Gasteiger partial charge in [0.2, 0.25) is 17.7 Å². The van der Waals surface area contributed by atoms with E-state index in [1.807, 2.05) is 35.2 Å². The van der Waals surface area contributed by atoms with E-state index in [0.717, 1.165) is 32.1 Å². The van der Waals surface area contributed by atoms with Crippen molar-refractivity contribution in [3.05, 3.63) is 61.2 Å². The summed E-state index contributed by atoms with van der Waals surface area (Å²) in [6, 6.07) is 7.39. The number of esters is 1. The van der Waals surface area contributed by atoms with Crippen LogP contribution in [-0.4, -0.2) is 88.2 Å². The number of carbonyl (C=O) groups is 4. The Hall–Kier alpha value is -3.50. The van der Waals surface area contributed by atoms with Crippen LogP contribution in [0, 0.1) is 11.8 Å². The molecule has 1 aliphatic carbocycles.